The van der Waals surface area contributed by atoms with Gasteiger partial charge in [0.25, 0.3) is 5.91 Å². The number of piperidine rings is 1. The smallest absolute Gasteiger partial charge is 0.305 e. The summed E-state index contributed by atoms with van der Waals surface area (Å²) in [6.45, 7) is 3.28. The fourth-order valence-electron chi connectivity index (χ4n) is 3.05. The standard InChI is InChI=1S/C18H23FN2O4/c1-2-20(11-9-16(22)23)18(25)14-4-3-10-21(12-14)17(24)13-5-7-15(19)8-6-13/h5-8,14H,2-4,9-12H2,1H3,(H,22,23). The summed E-state index contributed by atoms with van der Waals surface area (Å²) < 4.78 is 13.0. The first kappa shape index (κ1) is 18.9. The summed E-state index contributed by atoms with van der Waals surface area (Å²) in [6, 6.07) is 5.36. The SMILES string of the molecule is CCN(CCC(=O)O)C(=O)C1CCCN(C(=O)c2ccc(F)cc2)C1. The Bertz CT molecular complexity index is 632. The number of carboxylic acid groups (broad SMARTS) is 1. The van der Waals surface area contributed by atoms with Gasteiger partial charge in [0.15, 0.2) is 0 Å². The van der Waals surface area contributed by atoms with Gasteiger partial charge in [0.1, 0.15) is 5.82 Å². The Kier molecular flexibility index (Phi) is 6.50. The van der Waals surface area contributed by atoms with E-state index in [0.717, 1.165) is 0 Å². The molecule has 1 aromatic carbocycles. The van der Waals surface area contributed by atoms with Gasteiger partial charge in [0.05, 0.1) is 12.3 Å². The maximum absolute atomic E-state index is 13.0. The highest BCUT2D eigenvalue weighted by Crippen LogP contribution is 2.21. The van der Waals surface area contributed by atoms with Crippen molar-refractivity contribution in [1.29, 1.82) is 0 Å². The Morgan fingerprint density at radius 1 is 1.28 bits per heavy atom. The predicted molar refractivity (Wildman–Crippen MR) is 89.5 cm³/mol. The quantitative estimate of drug-likeness (QED) is 0.851. The normalized spacial score (nSPS) is 17.2. The lowest BCUT2D eigenvalue weighted by atomic mass is 9.95. The van der Waals surface area contributed by atoms with Crippen molar-refractivity contribution in [2.75, 3.05) is 26.2 Å². The first-order chi connectivity index (χ1) is 11.9. The number of hydrogen-bond acceptors (Lipinski definition) is 3. The molecule has 0 spiro atoms. The van der Waals surface area contributed by atoms with Crippen molar-refractivity contribution in [3.05, 3.63) is 35.6 Å². The summed E-state index contributed by atoms with van der Waals surface area (Å²) in [4.78, 5) is 39.0. The van der Waals surface area contributed by atoms with Crippen molar-refractivity contribution in [3.63, 3.8) is 0 Å². The fourth-order valence-corrected chi connectivity index (χ4v) is 3.05. The van der Waals surface area contributed by atoms with Gasteiger partial charge in [-0.15, -0.1) is 0 Å². The van der Waals surface area contributed by atoms with Crippen molar-refractivity contribution in [1.82, 2.24) is 9.80 Å². The summed E-state index contributed by atoms with van der Waals surface area (Å²) in [5, 5.41) is 8.79. The van der Waals surface area contributed by atoms with Gasteiger partial charge in [-0.25, -0.2) is 4.39 Å². The molecule has 1 fully saturated rings. The minimum atomic E-state index is -0.942. The van der Waals surface area contributed by atoms with Crippen molar-refractivity contribution in [2.45, 2.75) is 26.2 Å². The van der Waals surface area contributed by atoms with Crippen LogP contribution in [-0.2, 0) is 9.59 Å². The summed E-state index contributed by atoms with van der Waals surface area (Å²) in [5.74, 6) is -2.00. The zero-order chi connectivity index (χ0) is 18.4. The molecule has 1 aliphatic heterocycles. The van der Waals surface area contributed by atoms with Crippen molar-refractivity contribution >= 4 is 17.8 Å². The van der Waals surface area contributed by atoms with Gasteiger partial charge < -0.3 is 14.9 Å². The molecule has 1 N–H and O–H groups in total. The third-order valence-electron chi connectivity index (χ3n) is 4.44. The minimum absolute atomic E-state index is 0.0927. The van der Waals surface area contributed by atoms with E-state index in [2.05, 4.69) is 0 Å². The van der Waals surface area contributed by atoms with E-state index in [0.29, 0.717) is 38.0 Å². The molecule has 0 radical (unpaired) electrons. The molecular formula is C18H23FN2O4. The van der Waals surface area contributed by atoms with Crippen LogP contribution in [-0.4, -0.2) is 58.9 Å². The van der Waals surface area contributed by atoms with Gasteiger partial charge in [-0.3, -0.25) is 14.4 Å². The molecule has 2 amide bonds. The van der Waals surface area contributed by atoms with E-state index in [-0.39, 0.29) is 30.7 Å². The summed E-state index contributed by atoms with van der Waals surface area (Å²) >= 11 is 0. The molecule has 1 unspecified atom stereocenters. The third kappa shape index (κ3) is 5.01. The van der Waals surface area contributed by atoms with E-state index in [1.54, 1.807) is 4.90 Å². The number of rotatable bonds is 6. The van der Waals surface area contributed by atoms with E-state index in [1.165, 1.54) is 29.2 Å². The van der Waals surface area contributed by atoms with Crippen LogP contribution in [0.5, 0.6) is 0 Å². The number of amides is 2. The Morgan fingerprint density at radius 2 is 1.96 bits per heavy atom. The average molecular weight is 350 g/mol. The average Bonchev–Trinajstić information content (AvgIpc) is 2.62. The number of carbonyl (C=O) groups is 3. The predicted octanol–water partition coefficient (Wildman–Crippen LogP) is 2.00. The molecule has 136 valence electrons. The fraction of sp³-hybridized carbons (Fsp3) is 0.500. The monoisotopic (exact) mass is 350 g/mol. The maximum Gasteiger partial charge on any atom is 0.305 e. The van der Waals surface area contributed by atoms with E-state index in [4.69, 9.17) is 5.11 Å². The molecule has 1 heterocycles. The van der Waals surface area contributed by atoms with Gasteiger partial charge in [0, 0.05) is 31.7 Å². The lowest BCUT2D eigenvalue weighted by molar-refractivity contribution is -0.140. The third-order valence-corrected chi connectivity index (χ3v) is 4.44. The van der Waals surface area contributed by atoms with Crippen LogP contribution in [0.2, 0.25) is 0 Å². The molecule has 0 saturated carbocycles. The first-order valence-corrected chi connectivity index (χ1v) is 8.47. The van der Waals surface area contributed by atoms with Crippen LogP contribution in [0.1, 0.15) is 36.5 Å². The number of nitrogens with zero attached hydrogens (tertiary/aromatic N) is 2. The molecule has 2 rings (SSSR count). The summed E-state index contributed by atoms with van der Waals surface area (Å²) in [7, 11) is 0. The number of benzene rings is 1. The number of aliphatic carboxylic acids is 1. The van der Waals surface area contributed by atoms with Gasteiger partial charge >= 0.3 is 5.97 Å². The molecule has 0 aromatic heterocycles. The highest BCUT2D eigenvalue weighted by Gasteiger charge is 2.31. The van der Waals surface area contributed by atoms with Crippen LogP contribution in [0.4, 0.5) is 4.39 Å². The largest absolute Gasteiger partial charge is 0.481 e. The van der Waals surface area contributed by atoms with Gasteiger partial charge in [-0.05, 0) is 44.0 Å². The van der Waals surface area contributed by atoms with Gasteiger partial charge in [-0.1, -0.05) is 0 Å². The minimum Gasteiger partial charge on any atom is -0.481 e. The molecule has 1 saturated heterocycles. The molecular weight excluding hydrogens is 327 g/mol. The number of likely N-dealkylation sites (tertiary alicyclic amines) is 1. The van der Waals surface area contributed by atoms with Gasteiger partial charge in [0.2, 0.25) is 5.91 Å². The molecule has 0 bridgehead atoms. The van der Waals surface area contributed by atoms with E-state index in [9.17, 15) is 18.8 Å². The lowest BCUT2D eigenvalue weighted by Gasteiger charge is -2.34. The van der Waals surface area contributed by atoms with Crippen LogP contribution >= 0.6 is 0 Å². The van der Waals surface area contributed by atoms with Crippen molar-refractivity contribution in [3.8, 4) is 0 Å². The molecule has 25 heavy (non-hydrogen) atoms. The van der Waals surface area contributed by atoms with Crippen molar-refractivity contribution in [2.24, 2.45) is 5.92 Å². The Morgan fingerprint density at radius 3 is 2.56 bits per heavy atom. The summed E-state index contributed by atoms with van der Waals surface area (Å²) in [5.41, 5.74) is 0.396. The number of carbonyl (C=O) groups excluding carboxylic acids is 2. The number of hydrogen-bond donors (Lipinski definition) is 1. The van der Waals surface area contributed by atoms with E-state index >= 15 is 0 Å². The molecule has 1 aromatic rings. The second-order valence-corrected chi connectivity index (χ2v) is 6.16. The Balaban J connectivity index is 2.01. The molecule has 6 nitrogen and oxygen atoms in total. The molecule has 0 aliphatic carbocycles. The van der Waals surface area contributed by atoms with Crippen LogP contribution in [0, 0.1) is 11.7 Å². The number of carboxylic acids is 1. The van der Waals surface area contributed by atoms with Crippen LogP contribution in [0.25, 0.3) is 0 Å². The highest BCUT2D eigenvalue weighted by atomic mass is 19.1. The molecule has 7 heteroatoms. The van der Waals surface area contributed by atoms with Crippen LogP contribution < -0.4 is 0 Å². The second-order valence-electron chi connectivity index (χ2n) is 6.16. The summed E-state index contributed by atoms with van der Waals surface area (Å²) in [6.07, 6.45) is 1.29. The highest BCUT2D eigenvalue weighted by molar-refractivity contribution is 5.94. The number of halogens is 1. The van der Waals surface area contributed by atoms with Crippen LogP contribution in [0.15, 0.2) is 24.3 Å². The first-order valence-electron chi connectivity index (χ1n) is 8.47. The lowest BCUT2D eigenvalue weighted by Crippen LogP contribution is -2.47. The van der Waals surface area contributed by atoms with E-state index < -0.39 is 11.8 Å². The molecule has 1 atom stereocenters. The van der Waals surface area contributed by atoms with Gasteiger partial charge in [-0.2, -0.15) is 0 Å². The van der Waals surface area contributed by atoms with E-state index in [1.807, 2.05) is 6.92 Å². The zero-order valence-electron chi connectivity index (χ0n) is 14.3. The topological polar surface area (TPSA) is 77.9 Å². The Labute approximate surface area is 146 Å². The zero-order valence-corrected chi connectivity index (χ0v) is 14.3. The second kappa shape index (κ2) is 8.60. The van der Waals surface area contributed by atoms with Crippen LogP contribution in [0.3, 0.4) is 0 Å². The maximum atomic E-state index is 13.0. The molecule has 1 aliphatic rings. The van der Waals surface area contributed by atoms with Crippen molar-refractivity contribution < 1.29 is 23.9 Å². The Hall–Kier alpha value is -2.44.